The average molecular weight is 265 g/mol. The predicted octanol–water partition coefficient (Wildman–Crippen LogP) is 1.89. The number of hydrogen-bond acceptors (Lipinski definition) is 2. The van der Waals surface area contributed by atoms with E-state index in [1.807, 2.05) is 0 Å². The van der Waals surface area contributed by atoms with E-state index in [2.05, 4.69) is 0 Å². The van der Waals surface area contributed by atoms with Crippen molar-refractivity contribution >= 4 is 5.97 Å². The largest absolute Gasteiger partial charge is 0.481 e. The topological polar surface area (TPSA) is 40.5 Å². The standard InChI is InChI=1S/C8H9F6NO2/c9-7(10,11)4-15-2-1-6(3-15,5(16)17)8(12,13)14/h1-4H2,(H,16,17). The van der Waals surface area contributed by atoms with Gasteiger partial charge in [0.05, 0.1) is 6.54 Å². The fourth-order valence-electron chi connectivity index (χ4n) is 1.80. The molecule has 100 valence electrons. The summed E-state index contributed by atoms with van der Waals surface area (Å²) in [6, 6.07) is 0. The van der Waals surface area contributed by atoms with Gasteiger partial charge in [0.25, 0.3) is 0 Å². The van der Waals surface area contributed by atoms with Crippen LogP contribution in [-0.2, 0) is 4.79 Å². The molecule has 0 amide bonds. The number of nitrogens with zero attached hydrogens (tertiary/aromatic N) is 1. The van der Waals surface area contributed by atoms with Crippen molar-refractivity contribution in [2.45, 2.75) is 18.8 Å². The summed E-state index contributed by atoms with van der Waals surface area (Å²) >= 11 is 0. The Kier molecular flexibility index (Phi) is 3.34. The Morgan fingerprint density at radius 2 is 1.76 bits per heavy atom. The number of carboxylic acid groups (broad SMARTS) is 1. The van der Waals surface area contributed by atoms with Crippen LogP contribution < -0.4 is 0 Å². The first kappa shape index (κ1) is 14.1. The van der Waals surface area contributed by atoms with Gasteiger partial charge >= 0.3 is 18.3 Å². The van der Waals surface area contributed by atoms with E-state index < -0.39 is 49.8 Å². The van der Waals surface area contributed by atoms with E-state index >= 15 is 0 Å². The zero-order chi connectivity index (χ0) is 13.5. The van der Waals surface area contributed by atoms with Crippen LogP contribution >= 0.6 is 0 Å². The third kappa shape index (κ3) is 2.82. The highest BCUT2D eigenvalue weighted by Crippen LogP contribution is 2.46. The summed E-state index contributed by atoms with van der Waals surface area (Å²) in [5.41, 5.74) is -3.09. The first-order valence-corrected chi connectivity index (χ1v) is 4.57. The van der Waals surface area contributed by atoms with Gasteiger partial charge in [-0.1, -0.05) is 0 Å². The smallest absolute Gasteiger partial charge is 0.406 e. The molecular weight excluding hydrogens is 256 g/mol. The second-order valence-electron chi connectivity index (χ2n) is 3.96. The zero-order valence-corrected chi connectivity index (χ0v) is 8.40. The van der Waals surface area contributed by atoms with Crippen molar-refractivity contribution in [2.24, 2.45) is 5.41 Å². The molecule has 1 aliphatic rings. The summed E-state index contributed by atoms with van der Waals surface area (Å²) in [5, 5.41) is 8.59. The van der Waals surface area contributed by atoms with E-state index in [4.69, 9.17) is 5.11 Å². The van der Waals surface area contributed by atoms with Crippen molar-refractivity contribution in [1.29, 1.82) is 0 Å². The van der Waals surface area contributed by atoms with Crippen LogP contribution in [0, 0.1) is 5.41 Å². The molecule has 1 atom stereocenters. The zero-order valence-electron chi connectivity index (χ0n) is 8.40. The number of alkyl halides is 6. The molecule has 9 heteroatoms. The molecule has 1 unspecified atom stereocenters. The summed E-state index contributed by atoms with van der Waals surface area (Å²) in [7, 11) is 0. The lowest BCUT2D eigenvalue weighted by molar-refractivity contribution is -0.229. The van der Waals surface area contributed by atoms with E-state index in [0.29, 0.717) is 4.90 Å². The molecule has 1 heterocycles. The molecule has 0 spiro atoms. The van der Waals surface area contributed by atoms with E-state index in [9.17, 15) is 31.1 Å². The van der Waals surface area contributed by atoms with Gasteiger partial charge in [0, 0.05) is 13.1 Å². The van der Waals surface area contributed by atoms with Crippen LogP contribution in [0.4, 0.5) is 26.3 Å². The Morgan fingerprint density at radius 3 is 2.06 bits per heavy atom. The quantitative estimate of drug-likeness (QED) is 0.775. The number of rotatable bonds is 2. The average Bonchev–Trinajstić information content (AvgIpc) is 2.44. The Balaban J connectivity index is 2.84. The van der Waals surface area contributed by atoms with Gasteiger partial charge in [-0.05, 0) is 6.42 Å². The van der Waals surface area contributed by atoms with Gasteiger partial charge in [-0.3, -0.25) is 9.69 Å². The minimum absolute atomic E-state index is 0.460. The highest BCUT2D eigenvalue weighted by atomic mass is 19.4. The molecule has 1 fully saturated rings. The van der Waals surface area contributed by atoms with Crippen LogP contribution in [0.25, 0.3) is 0 Å². The molecule has 3 nitrogen and oxygen atoms in total. The Bertz CT molecular complexity index is 312. The van der Waals surface area contributed by atoms with Gasteiger partial charge in [0.15, 0.2) is 5.41 Å². The second-order valence-corrected chi connectivity index (χ2v) is 3.96. The number of aliphatic carboxylic acids is 1. The van der Waals surface area contributed by atoms with Crippen LogP contribution in [0.2, 0.25) is 0 Å². The second kappa shape index (κ2) is 4.04. The first-order valence-electron chi connectivity index (χ1n) is 4.57. The van der Waals surface area contributed by atoms with E-state index in [-0.39, 0.29) is 0 Å². The third-order valence-electron chi connectivity index (χ3n) is 2.70. The number of hydrogen-bond donors (Lipinski definition) is 1. The van der Waals surface area contributed by atoms with Crippen LogP contribution in [0.1, 0.15) is 6.42 Å². The molecule has 17 heavy (non-hydrogen) atoms. The Hall–Kier alpha value is -0.990. The fraction of sp³-hybridized carbons (Fsp3) is 0.875. The molecule has 1 saturated heterocycles. The monoisotopic (exact) mass is 265 g/mol. The fourth-order valence-corrected chi connectivity index (χ4v) is 1.80. The molecule has 1 rings (SSSR count). The predicted molar refractivity (Wildman–Crippen MR) is 43.2 cm³/mol. The van der Waals surface area contributed by atoms with Crippen LogP contribution in [0.15, 0.2) is 0 Å². The molecule has 1 aliphatic heterocycles. The van der Waals surface area contributed by atoms with Crippen molar-refractivity contribution in [3.63, 3.8) is 0 Å². The van der Waals surface area contributed by atoms with Gasteiger partial charge < -0.3 is 5.11 Å². The van der Waals surface area contributed by atoms with Gasteiger partial charge in [-0.2, -0.15) is 26.3 Å². The summed E-state index contributed by atoms with van der Waals surface area (Å²) in [6.07, 6.45) is -10.6. The van der Waals surface area contributed by atoms with Gasteiger partial charge in [-0.25, -0.2) is 0 Å². The Morgan fingerprint density at radius 1 is 1.24 bits per heavy atom. The van der Waals surface area contributed by atoms with Crippen molar-refractivity contribution < 1.29 is 36.2 Å². The summed E-state index contributed by atoms with van der Waals surface area (Å²) in [6.45, 7) is -3.23. The number of carboxylic acids is 1. The van der Waals surface area contributed by atoms with Crippen molar-refractivity contribution in [2.75, 3.05) is 19.6 Å². The first-order chi connectivity index (χ1) is 7.48. The van der Waals surface area contributed by atoms with Crippen molar-refractivity contribution in [1.82, 2.24) is 4.90 Å². The minimum Gasteiger partial charge on any atom is -0.481 e. The van der Waals surface area contributed by atoms with Gasteiger partial charge in [0.1, 0.15) is 0 Å². The van der Waals surface area contributed by atoms with Crippen molar-refractivity contribution in [3.8, 4) is 0 Å². The molecule has 0 saturated carbocycles. The molecular formula is C8H9F6NO2. The SMILES string of the molecule is O=C(O)C1(C(F)(F)F)CCN(CC(F)(F)F)C1. The lowest BCUT2D eigenvalue weighted by atomic mass is 9.86. The molecule has 0 aromatic heterocycles. The van der Waals surface area contributed by atoms with Crippen molar-refractivity contribution in [3.05, 3.63) is 0 Å². The Labute approximate surface area is 92.0 Å². The molecule has 1 N–H and O–H groups in total. The minimum atomic E-state index is -5.06. The van der Waals surface area contributed by atoms with Gasteiger partial charge in [0.2, 0.25) is 0 Å². The third-order valence-corrected chi connectivity index (χ3v) is 2.70. The number of likely N-dealkylation sites (tertiary alicyclic amines) is 1. The highest BCUT2D eigenvalue weighted by molar-refractivity contribution is 5.76. The lowest BCUT2D eigenvalue weighted by Crippen LogP contribution is -2.47. The maximum absolute atomic E-state index is 12.6. The summed E-state index contributed by atoms with van der Waals surface area (Å²) in [5.74, 6) is -2.13. The van der Waals surface area contributed by atoms with Crippen LogP contribution in [0.5, 0.6) is 0 Å². The van der Waals surface area contributed by atoms with E-state index in [1.165, 1.54) is 0 Å². The molecule has 0 aromatic rings. The van der Waals surface area contributed by atoms with Gasteiger partial charge in [-0.15, -0.1) is 0 Å². The maximum atomic E-state index is 12.6. The lowest BCUT2D eigenvalue weighted by Gasteiger charge is -2.27. The number of carbonyl (C=O) groups is 1. The molecule has 0 bridgehead atoms. The van der Waals surface area contributed by atoms with Crippen LogP contribution in [-0.4, -0.2) is 48.0 Å². The molecule has 0 aromatic carbocycles. The number of halogens is 6. The summed E-state index contributed by atoms with van der Waals surface area (Å²) in [4.78, 5) is 11.1. The van der Waals surface area contributed by atoms with Crippen LogP contribution in [0.3, 0.4) is 0 Å². The van der Waals surface area contributed by atoms with E-state index in [0.717, 1.165) is 0 Å². The van der Waals surface area contributed by atoms with E-state index in [1.54, 1.807) is 0 Å². The maximum Gasteiger partial charge on any atom is 0.406 e. The summed E-state index contributed by atoms with van der Waals surface area (Å²) < 4.78 is 73.7. The molecule has 0 aliphatic carbocycles. The molecule has 0 radical (unpaired) electrons. The normalized spacial score (nSPS) is 27.4. The highest BCUT2D eigenvalue weighted by Gasteiger charge is 2.64.